The summed E-state index contributed by atoms with van der Waals surface area (Å²) in [6.45, 7) is 13.0. The summed E-state index contributed by atoms with van der Waals surface area (Å²) in [7, 11) is 0. The minimum Gasteiger partial charge on any atom is -0.380 e. The number of amides is 2. The Kier molecular flexibility index (Phi) is 8.09. The van der Waals surface area contributed by atoms with Crippen LogP contribution in [0.5, 0.6) is 0 Å². The molecule has 11 heteroatoms. The molecule has 3 heterocycles. The van der Waals surface area contributed by atoms with Crippen molar-refractivity contribution in [2.75, 3.05) is 36.4 Å². The van der Waals surface area contributed by atoms with Crippen molar-refractivity contribution < 1.29 is 14.0 Å². The van der Waals surface area contributed by atoms with Gasteiger partial charge in [-0.25, -0.2) is 14.2 Å². The number of imide groups is 1. The maximum absolute atomic E-state index is 14.5. The van der Waals surface area contributed by atoms with Gasteiger partial charge in [-0.2, -0.15) is 0 Å². The Morgan fingerprint density at radius 2 is 1.80 bits per heavy atom. The van der Waals surface area contributed by atoms with Crippen LogP contribution in [0.1, 0.15) is 35.8 Å². The van der Waals surface area contributed by atoms with Crippen LogP contribution < -0.4 is 21.1 Å². The first kappa shape index (κ1) is 29.0. The summed E-state index contributed by atoms with van der Waals surface area (Å²) in [5.74, 6) is -0.763. The molecule has 0 spiro atoms. The normalized spacial score (nSPS) is 17.4. The molecule has 2 N–H and O–H groups in total. The number of carbonyl (C=O) groups excluding carboxylic acids is 2. The highest BCUT2D eigenvalue weighted by molar-refractivity contribution is 5.99. The fourth-order valence-corrected chi connectivity index (χ4v) is 6.06. The van der Waals surface area contributed by atoms with Gasteiger partial charge >= 0.3 is 0 Å². The molecule has 1 unspecified atom stereocenters. The smallest absolute Gasteiger partial charge is 0.264 e. The van der Waals surface area contributed by atoms with Gasteiger partial charge in [0.2, 0.25) is 11.8 Å². The molecule has 44 heavy (non-hydrogen) atoms. The second-order valence-electron chi connectivity index (χ2n) is 11.2. The third kappa shape index (κ3) is 5.89. The summed E-state index contributed by atoms with van der Waals surface area (Å²) in [6, 6.07) is 17.6. The molecule has 2 fully saturated rings. The van der Waals surface area contributed by atoms with Crippen molar-refractivity contribution >= 4 is 39.8 Å². The lowest BCUT2D eigenvalue weighted by Crippen LogP contribution is -2.46. The number of rotatable bonds is 7. The molecule has 1 aromatic heterocycles. The highest BCUT2D eigenvalue weighted by atomic mass is 19.1. The first-order chi connectivity index (χ1) is 21.3. The second kappa shape index (κ2) is 12.3. The van der Waals surface area contributed by atoms with E-state index < -0.39 is 11.9 Å². The van der Waals surface area contributed by atoms with Gasteiger partial charge in [0.15, 0.2) is 5.69 Å². The summed E-state index contributed by atoms with van der Waals surface area (Å²) in [6.07, 6.45) is 0.423. The first-order valence-corrected chi connectivity index (χ1v) is 14.6. The quantitative estimate of drug-likeness (QED) is 0.243. The molecular weight excluding hydrogens is 561 g/mol. The average Bonchev–Trinajstić information content (AvgIpc) is 3.01. The van der Waals surface area contributed by atoms with Crippen LogP contribution in [0.3, 0.4) is 0 Å². The Bertz CT molecular complexity index is 1860. The van der Waals surface area contributed by atoms with Crippen LogP contribution in [-0.4, -0.2) is 52.4 Å². The standard InChI is InChI=1S/C33H32FN7O3/c1-21-37-27-8-4-7-26(31(27)33(44)41(21)29-11-12-30(42)38-32(29)43)36-19-22-5-3-6-23(17-22)20-39-13-15-40(16-14-39)28-10-9-24(35-2)18-25(28)34/h3-10,17-18,29,36H,11-16,19-20H2,1H3,(H,38,42,43). The number of carbonyl (C=O) groups is 2. The molecule has 2 saturated heterocycles. The molecular formula is C33H32FN7O3. The fourth-order valence-electron chi connectivity index (χ4n) is 6.06. The van der Waals surface area contributed by atoms with E-state index in [2.05, 4.69) is 37.5 Å². The number of hydrogen-bond acceptors (Lipinski definition) is 7. The van der Waals surface area contributed by atoms with Crippen LogP contribution in [0.4, 0.5) is 21.5 Å². The van der Waals surface area contributed by atoms with Crippen molar-refractivity contribution in [2.45, 2.75) is 38.9 Å². The van der Waals surface area contributed by atoms with E-state index in [1.807, 2.05) is 29.2 Å². The van der Waals surface area contributed by atoms with Gasteiger partial charge in [-0.15, -0.1) is 0 Å². The number of piperazine rings is 1. The zero-order valence-corrected chi connectivity index (χ0v) is 24.3. The zero-order valence-electron chi connectivity index (χ0n) is 24.3. The summed E-state index contributed by atoms with van der Waals surface area (Å²) >= 11 is 0. The molecule has 0 radical (unpaired) electrons. The van der Waals surface area contributed by atoms with E-state index in [0.717, 1.165) is 30.8 Å². The molecule has 2 aliphatic rings. The van der Waals surface area contributed by atoms with Gasteiger partial charge < -0.3 is 10.2 Å². The van der Waals surface area contributed by atoms with Crippen molar-refractivity contribution in [1.82, 2.24) is 19.8 Å². The number of fused-ring (bicyclic) bond motifs is 1. The second-order valence-corrected chi connectivity index (χ2v) is 11.2. The van der Waals surface area contributed by atoms with Crippen LogP contribution in [0.25, 0.3) is 15.7 Å². The minimum atomic E-state index is -0.784. The number of benzene rings is 3. The van der Waals surface area contributed by atoms with Gasteiger partial charge in [-0.05, 0) is 48.7 Å². The molecule has 10 nitrogen and oxygen atoms in total. The SMILES string of the molecule is [C-]#[N+]c1ccc(N2CCN(Cc3cccc(CNc4cccc5nc(C)n(C6CCC(=O)NC6=O)c(=O)c45)c3)CC2)c(F)c1. The van der Waals surface area contributed by atoms with Crippen molar-refractivity contribution in [3.8, 4) is 0 Å². The molecule has 1 atom stereocenters. The van der Waals surface area contributed by atoms with E-state index in [1.54, 1.807) is 25.1 Å². The van der Waals surface area contributed by atoms with E-state index >= 15 is 0 Å². The number of aromatic nitrogens is 2. The van der Waals surface area contributed by atoms with Crippen LogP contribution in [0, 0.1) is 19.3 Å². The largest absolute Gasteiger partial charge is 0.380 e. The topological polar surface area (TPSA) is 104 Å². The Hall–Kier alpha value is -5.08. The van der Waals surface area contributed by atoms with E-state index in [4.69, 9.17) is 6.57 Å². The average molecular weight is 594 g/mol. The van der Waals surface area contributed by atoms with Crippen LogP contribution >= 0.6 is 0 Å². The first-order valence-electron chi connectivity index (χ1n) is 14.6. The van der Waals surface area contributed by atoms with E-state index in [-0.39, 0.29) is 30.1 Å². The van der Waals surface area contributed by atoms with Crippen LogP contribution in [0.15, 0.2) is 65.5 Å². The number of nitrogens with zero attached hydrogens (tertiary/aromatic N) is 5. The highest BCUT2D eigenvalue weighted by Gasteiger charge is 2.31. The summed E-state index contributed by atoms with van der Waals surface area (Å²) in [5.41, 5.74) is 3.88. The Balaban J connectivity index is 1.13. The van der Waals surface area contributed by atoms with Crippen molar-refractivity contribution in [1.29, 1.82) is 0 Å². The molecule has 6 rings (SSSR count). The van der Waals surface area contributed by atoms with Gasteiger partial charge in [-0.3, -0.25) is 29.2 Å². The van der Waals surface area contributed by atoms with Gasteiger partial charge in [0, 0.05) is 51.4 Å². The van der Waals surface area contributed by atoms with E-state index in [1.165, 1.54) is 10.6 Å². The predicted octanol–water partition coefficient (Wildman–Crippen LogP) is 4.31. The summed E-state index contributed by atoms with van der Waals surface area (Å²) in [5, 5.41) is 6.13. The molecule has 224 valence electrons. The third-order valence-electron chi connectivity index (χ3n) is 8.28. The number of halogens is 1. The number of anilines is 2. The van der Waals surface area contributed by atoms with Gasteiger partial charge in [0.25, 0.3) is 5.56 Å². The Morgan fingerprint density at radius 1 is 1.02 bits per heavy atom. The zero-order chi connectivity index (χ0) is 30.8. The molecule has 4 aromatic rings. The predicted molar refractivity (Wildman–Crippen MR) is 166 cm³/mol. The lowest BCUT2D eigenvalue weighted by molar-refractivity contribution is -0.135. The molecule has 0 bridgehead atoms. The van der Waals surface area contributed by atoms with E-state index in [9.17, 15) is 18.8 Å². The Labute approximate surface area is 253 Å². The number of hydrogen-bond donors (Lipinski definition) is 2. The Morgan fingerprint density at radius 3 is 2.55 bits per heavy atom. The van der Waals surface area contributed by atoms with Gasteiger partial charge in [0.05, 0.1) is 23.2 Å². The third-order valence-corrected chi connectivity index (χ3v) is 8.28. The maximum atomic E-state index is 14.5. The van der Waals surface area contributed by atoms with Crippen LogP contribution in [0.2, 0.25) is 0 Å². The van der Waals surface area contributed by atoms with Crippen molar-refractivity contribution in [2.24, 2.45) is 0 Å². The summed E-state index contributed by atoms with van der Waals surface area (Å²) in [4.78, 5) is 50.2. The lowest BCUT2D eigenvalue weighted by atomic mass is 10.0. The summed E-state index contributed by atoms with van der Waals surface area (Å²) < 4.78 is 15.9. The molecule has 0 saturated carbocycles. The molecule has 3 aromatic carbocycles. The minimum absolute atomic E-state index is 0.169. The lowest BCUT2D eigenvalue weighted by Gasteiger charge is -2.36. The van der Waals surface area contributed by atoms with Crippen molar-refractivity contribution in [3.05, 3.63) is 105 Å². The molecule has 2 amide bonds. The number of aryl methyl sites for hydroxylation is 1. The number of nitrogens with one attached hydrogen (secondary N) is 2. The monoisotopic (exact) mass is 593 g/mol. The molecule has 0 aliphatic carbocycles. The van der Waals surface area contributed by atoms with Gasteiger partial charge in [0.1, 0.15) is 17.7 Å². The molecule has 2 aliphatic heterocycles. The fraction of sp³-hybridized carbons (Fsp3) is 0.303. The van der Waals surface area contributed by atoms with Gasteiger partial charge in [-0.1, -0.05) is 36.4 Å². The highest BCUT2D eigenvalue weighted by Crippen LogP contribution is 2.27. The van der Waals surface area contributed by atoms with Crippen LogP contribution in [-0.2, 0) is 22.7 Å². The van der Waals surface area contributed by atoms with Crippen molar-refractivity contribution in [3.63, 3.8) is 0 Å². The van der Waals surface area contributed by atoms with E-state index in [0.29, 0.717) is 53.4 Å². The number of piperidine rings is 1. The maximum Gasteiger partial charge on any atom is 0.264 e.